The van der Waals surface area contributed by atoms with Crippen LogP contribution in [0, 0.1) is 0 Å². The Morgan fingerprint density at radius 2 is 1.24 bits per heavy atom. The van der Waals surface area contributed by atoms with Gasteiger partial charge in [0.25, 0.3) is 0 Å². The Hall–Kier alpha value is -3.68. The lowest BCUT2D eigenvalue weighted by Gasteiger charge is -2.32. The standard InChI is InChI=1S/C29H34N4O4/c34-26-19-22(17-20-9-3-1-4-10-20)30-27(35)24-13-7-15-32(24)29(37)25-14-8-16-33(25)28(36)23(31-26)18-21-11-5-2-6-12-21/h1-6,9-12,22-25H,7-8,13-19H2,(H,30,35)(H,31,34)/t22-,23-,24+,25+/m1/s1. The van der Waals surface area contributed by atoms with Crippen LogP contribution in [0.4, 0.5) is 0 Å². The molecule has 3 saturated heterocycles. The third kappa shape index (κ3) is 5.68. The molecule has 0 aliphatic carbocycles. The van der Waals surface area contributed by atoms with Crippen molar-refractivity contribution in [2.45, 2.75) is 69.1 Å². The molecule has 3 fully saturated rings. The molecule has 8 nitrogen and oxygen atoms in total. The summed E-state index contributed by atoms with van der Waals surface area (Å²) in [6, 6.07) is 16.9. The van der Waals surface area contributed by atoms with Gasteiger partial charge in [-0.25, -0.2) is 0 Å². The molecular weight excluding hydrogens is 468 g/mol. The summed E-state index contributed by atoms with van der Waals surface area (Å²) in [5.41, 5.74) is 1.93. The molecule has 3 aliphatic heterocycles. The average molecular weight is 503 g/mol. The van der Waals surface area contributed by atoms with Gasteiger partial charge in [0.05, 0.1) is 0 Å². The molecule has 0 radical (unpaired) electrons. The topological polar surface area (TPSA) is 98.8 Å². The van der Waals surface area contributed by atoms with Gasteiger partial charge in [0, 0.05) is 32.0 Å². The fraction of sp³-hybridized carbons (Fsp3) is 0.448. The monoisotopic (exact) mass is 502 g/mol. The molecule has 2 N–H and O–H groups in total. The highest BCUT2D eigenvalue weighted by Gasteiger charge is 2.44. The summed E-state index contributed by atoms with van der Waals surface area (Å²) in [5.74, 6) is -0.912. The maximum absolute atomic E-state index is 13.8. The summed E-state index contributed by atoms with van der Waals surface area (Å²) in [4.78, 5) is 57.5. The van der Waals surface area contributed by atoms with E-state index in [0.717, 1.165) is 24.0 Å². The number of amides is 4. The van der Waals surface area contributed by atoms with Crippen LogP contribution in [0.1, 0.15) is 43.2 Å². The van der Waals surface area contributed by atoms with Crippen LogP contribution in [0.15, 0.2) is 60.7 Å². The SMILES string of the molecule is O=C1C[C@@H](Cc2ccccc2)NC(=O)[C@@H]2CCCN2C(=O)[C@@H]2CCCN2C(=O)[C@@H](Cc2ccccc2)N1. The zero-order valence-electron chi connectivity index (χ0n) is 21.0. The van der Waals surface area contributed by atoms with Crippen LogP contribution in [-0.4, -0.2) is 70.7 Å². The van der Waals surface area contributed by atoms with E-state index in [4.69, 9.17) is 0 Å². The van der Waals surface area contributed by atoms with Gasteiger partial charge in [-0.1, -0.05) is 60.7 Å². The Balaban J connectivity index is 1.46. The fourth-order valence-electron chi connectivity index (χ4n) is 5.88. The van der Waals surface area contributed by atoms with E-state index in [1.807, 2.05) is 60.7 Å². The van der Waals surface area contributed by atoms with Crippen LogP contribution in [0.3, 0.4) is 0 Å². The maximum atomic E-state index is 13.8. The van der Waals surface area contributed by atoms with Crippen molar-refractivity contribution >= 4 is 23.6 Å². The molecule has 0 bridgehead atoms. The summed E-state index contributed by atoms with van der Waals surface area (Å²) in [5, 5.41) is 6.02. The summed E-state index contributed by atoms with van der Waals surface area (Å²) in [6.45, 7) is 0.973. The number of fused-ring (bicyclic) bond motifs is 2. The first kappa shape index (κ1) is 25.0. The van der Waals surface area contributed by atoms with E-state index in [0.29, 0.717) is 38.8 Å². The Morgan fingerprint density at radius 1 is 0.676 bits per heavy atom. The first-order chi connectivity index (χ1) is 18.0. The van der Waals surface area contributed by atoms with E-state index in [1.54, 1.807) is 9.80 Å². The number of nitrogens with zero attached hydrogens (tertiary/aromatic N) is 2. The van der Waals surface area contributed by atoms with Gasteiger partial charge in [0.15, 0.2) is 0 Å². The zero-order valence-corrected chi connectivity index (χ0v) is 21.0. The van der Waals surface area contributed by atoms with Crippen molar-refractivity contribution in [1.82, 2.24) is 20.4 Å². The second-order valence-electron chi connectivity index (χ2n) is 10.3. The largest absolute Gasteiger partial charge is 0.351 e. The molecule has 37 heavy (non-hydrogen) atoms. The molecule has 5 rings (SSSR count). The van der Waals surface area contributed by atoms with Crippen molar-refractivity contribution in [3.8, 4) is 0 Å². The number of nitrogens with one attached hydrogen (secondary N) is 2. The van der Waals surface area contributed by atoms with Crippen LogP contribution in [0.25, 0.3) is 0 Å². The summed E-state index contributed by atoms with van der Waals surface area (Å²) >= 11 is 0. The molecule has 2 aromatic rings. The molecule has 0 aromatic heterocycles. The number of benzene rings is 2. The van der Waals surface area contributed by atoms with Crippen LogP contribution in [0.2, 0.25) is 0 Å². The number of rotatable bonds is 4. The van der Waals surface area contributed by atoms with E-state index in [-0.39, 0.29) is 30.0 Å². The van der Waals surface area contributed by atoms with Crippen molar-refractivity contribution in [3.05, 3.63) is 71.8 Å². The predicted molar refractivity (Wildman–Crippen MR) is 138 cm³/mol. The first-order valence-electron chi connectivity index (χ1n) is 13.3. The number of carbonyl (C=O) groups is 4. The van der Waals surface area contributed by atoms with Crippen LogP contribution in [-0.2, 0) is 32.0 Å². The third-order valence-electron chi connectivity index (χ3n) is 7.68. The Labute approximate surface area is 217 Å². The Morgan fingerprint density at radius 3 is 1.89 bits per heavy atom. The van der Waals surface area contributed by atoms with Crippen molar-refractivity contribution in [3.63, 3.8) is 0 Å². The summed E-state index contributed by atoms with van der Waals surface area (Å²) < 4.78 is 0. The normalized spacial score (nSPS) is 26.9. The Bertz CT molecular complexity index is 1140. The molecule has 0 unspecified atom stereocenters. The number of carbonyl (C=O) groups excluding carboxylic acids is 4. The van der Waals surface area contributed by atoms with Gasteiger partial charge in [-0.2, -0.15) is 0 Å². The van der Waals surface area contributed by atoms with E-state index < -0.39 is 24.2 Å². The highest BCUT2D eigenvalue weighted by Crippen LogP contribution is 2.26. The van der Waals surface area contributed by atoms with Crippen molar-refractivity contribution in [2.24, 2.45) is 0 Å². The van der Waals surface area contributed by atoms with E-state index in [1.165, 1.54) is 0 Å². The lowest BCUT2D eigenvalue weighted by molar-refractivity contribution is -0.147. The van der Waals surface area contributed by atoms with Gasteiger partial charge >= 0.3 is 0 Å². The summed E-state index contributed by atoms with van der Waals surface area (Å²) in [7, 11) is 0. The molecule has 4 amide bonds. The Kier molecular flexibility index (Phi) is 7.53. The summed E-state index contributed by atoms with van der Waals surface area (Å²) in [6.07, 6.45) is 3.47. The second kappa shape index (κ2) is 11.2. The highest BCUT2D eigenvalue weighted by molar-refractivity contribution is 5.95. The third-order valence-corrected chi connectivity index (χ3v) is 7.68. The molecule has 0 saturated carbocycles. The quantitative estimate of drug-likeness (QED) is 0.667. The van der Waals surface area contributed by atoms with Gasteiger partial charge < -0.3 is 20.4 Å². The van der Waals surface area contributed by atoms with Gasteiger partial charge in [0.1, 0.15) is 18.1 Å². The van der Waals surface area contributed by atoms with Gasteiger partial charge in [-0.15, -0.1) is 0 Å². The van der Waals surface area contributed by atoms with Gasteiger partial charge in [0.2, 0.25) is 23.6 Å². The molecular formula is C29H34N4O4. The van der Waals surface area contributed by atoms with Crippen molar-refractivity contribution in [2.75, 3.05) is 13.1 Å². The molecule has 3 heterocycles. The fourth-order valence-corrected chi connectivity index (χ4v) is 5.88. The molecule has 2 aromatic carbocycles. The lowest BCUT2D eigenvalue weighted by atomic mass is 10.0. The minimum absolute atomic E-state index is 0.0449. The van der Waals surface area contributed by atoms with Crippen LogP contribution in [0.5, 0.6) is 0 Å². The minimum Gasteiger partial charge on any atom is -0.351 e. The van der Waals surface area contributed by atoms with Gasteiger partial charge in [-0.05, 0) is 43.2 Å². The van der Waals surface area contributed by atoms with E-state index in [9.17, 15) is 19.2 Å². The molecule has 3 aliphatic rings. The smallest absolute Gasteiger partial charge is 0.246 e. The van der Waals surface area contributed by atoms with Crippen LogP contribution < -0.4 is 10.6 Å². The number of hydrogen-bond acceptors (Lipinski definition) is 4. The van der Waals surface area contributed by atoms with E-state index >= 15 is 0 Å². The van der Waals surface area contributed by atoms with Crippen LogP contribution >= 0.6 is 0 Å². The number of hydrogen-bond donors (Lipinski definition) is 2. The molecule has 0 spiro atoms. The zero-order chi connectivity index (χ0) is 25.8. The minimum atomic E-state index is -0.786. The molecule has 4 atom stereocenters. The lowest BCUT2D eigenvalue weighted by Crippen LogP contribution is -2.56. The van der Waals surface area contributed by atoms with Gasteiger partial charge in [-0.3, -0.25) is 19.2 Å². The van der Waals surface area contributed by atoms with E-state index in [2.05, 4.69) is 10.6 Å². The maximum Gasteiger partial charge on any atom is 0.246 e. The highest BCUT2D eigenvalue weighted by atomic mass is 16.2. The predicted octanol–water partition coefficient (Wildman–Crippen LogP) is 1.83. The second-order valence-corrected chi connectivity index (χ2v) is 10.3. The molecule has 194 valence electrons. The molecule has 8 heteroatoms. The average Bonchev–Trinajstić information content (AvgIpc) is 3.59. The van der Waals surface area contributed by atoms with Crippen molar-refractivity contribution in [1.29, 1.82) is 0 Å². The first-order valence-corrected chi connectivity index (χ1v) is 13.3. The van der Waals surface area contributed by atoms with Crippen molar-refractivity contribution < 1.29 is 19.2 Å².